The molecule has 1 aromatic carbocycles. The molecular weight excluding hydrogens is 445 g/mol. The van der Waals surface area contributed by atoms with Gasteiger partial charge in [-0.05, 0) is 25.5 Å². The van der Waals surface area contributed by atoms with Crippen LogP contribution in [0.5, 0.6) is 0 Å². The minimum absolute atomic E-state index is 0. The van der Waals surface area contributed by atoms with Crippen molar-refractivity contribution in [3.8, 4) is 0 Å². The van der Waals surface area contributed by atoms with Crippen molar-refractivity contribution in [2.24, 2.45) is 4.99 Å². The molecule has 0 saturated carbocycles. The predicted molar refractivity (Wildman–Crippen MR) is 112 cm³/mol. The zero-order valence-corrected chi connectivity index (χ0v) is 17.5. The average molecular weight is 469 g/mol. The van der Waals surface area contributed by atoms with E-state index in [4.69, 9.17) is 4.42 Å². The van der Waals surface area contributed by atoms with Crippen molar-refractivity contribution in [1.29, 1.82) is 0 Å². The van der Waals surface area contributed by atoms with Gasteiger partial charge in [-0.25, -0.2) is 4.98 Å². The van der Waals surface area contributed by atoms with Crippen LogP contribution >= 0.6 is 24.0 Å². The van der Waals surface area contributed by atoms with Gasteiger partial charge in [-0.3, -0.25) is 9.79 Å². The number of carbonyl (C=O) groups is 1. The number of nitrogens with one attached hydrogen (secondary N) is 3. The summed E-state index contributed by atoms with van der Waals surface area (Å²) in [7, 11) is 1.71. The van der Waals surface area contributed by atoms with Crippen LogP contribution in [0.1, 0.15) is 35.2 Å². The molecule has 1 atom stereocenters. The van der Waals surface area contributed by atoms with E-state index in [1.165, 1.54) is 0 Å². The van der Waals surface area contributed by atoms with E-state index in [-0.39, 0.29) is 35.8 Å². The van der Waals surface area contributed by atoms with E-state index in [0.29, 0.717) is 31.4 Å². The highest BCUT2D eigenvalue weighted by Gasteiger charge is 2.24. The number of oxazole rings is 1. The fraction of sp³-hybridized carbons (Fsp3) is 0.389. The Morgan fingerprint density at radius 2 is 2.12 bits per heavy atom. The number of fused-ring (bicyclic) bond motifs is 1. The molecule has 1 aromatic heterocycles. The molecule has 0 fully saturated rings. The first kappa shape index (κ1) is 20.2. The standard InChI is InChI=1S/C18H23N5O2.HI/c1-11-12(2)25-17(22-11)10-21-18(19-3)20-9-13-8-16(24)23-15-7-5-4-6-14(13)15;/h4-7,13H,8-10H2,1-3H3,(H,23,24)(H2,19,20,21);1H. The lowest BCUT2D eigenvalue weighted by Gasteiger charge is -2.26. The summed E-state index contributed by atoms with van der Waals surface area (Å²) in [6.07, 6.45) is 0.457. The second-order valence-corrected chi connectivity index (χ2v) is 6.09. The highest BCUT2D eigenvalue weighted by molar-refractivity contribution is 14.0. The number of benzene rings is 1. The molecule has 0 bridgehead atoms. The summed E-state index contributed by atoms with van der Waals surface area (Å²) < 4.78 is 5.55. The number of aromatic nitrogens is 1. The fourth-order valence-corrected chi connectivity index (χ4v) is 2.90. The maximum atomic E-state index is 11.9. The number of para-hydroxylation sites is 1. The van der Waals surface area contributed by atoms with Gasteiger partial charge in [-0.1, -0.05) is 18.2 Å². The summed E-state index contributed by atoms with van der Waals surface area (Å²) in [6, 6.07) is 7.90. The second-order valence-electron chi connectivity index (χ2n) is 6.09. The molecule has 2 heterocycles. The maximum Gasteiger partial charge on any atom is 0.225 e. The van der Waals surface area contributed by atoms with Gasteiger partial charge in [0.15, 0.2) is 5.96 Å². The molecule has 3 N–H and O–H groups in total. The van der Waals surface area contributed by atoms with Gasteiger partial charge in [0.2, 0.25) is 11.8 Å². The highest BCUT2D eigenvalue weighted by Crippen LogP contribution is 2.31. The number of nitrogens with zero attached hydrogens (tertiary/aromatic N) is 2. The van der Waals surface area contributed by atoms with E-state index in [9.17, 15) is 4.79 Å². The Morgan fingerprint density at radius 3 is 2.81 bits per heavy atom. The smallest absolute Gasteiger partial charge is 0.225 e. The third-order valence-electron chi connectivity index (χ3n) is 4.33. The highest BCUT2D eigenvalue weighted by atomic mass is 127. The van der Waals surface area contributed by atoms with Crippen LogP contribution in [0.3, 0.4) is 0 Å². The summed E-state index contributed by atoms with van der Waals surface area (Å²) in [5.74, 6) is 2.25. The Labute approximate surface area is 170 Å². The number of rotatable bonds is 4. The molecule has 140 valence electrons. The van der Waals surface area contributed by atoms with Crippen LogP contribution < -0.4 is 16.0 Å². The Bertz CT molecular complexity index is 783. The summed E-state index contributed by atoms with van der Waals surface area (Å²) in [5.41, 5.74) is 2.92. The molecule has 8 heteroatoms. The van der Waals surface area contributed by atoms with Crippen molar-refractivity contribution >= 4 is 41.5 Å². The second kappa shape index (κ2) is 9.02. The third-order valence-corrected chi connectivity index (χ3v) is 4.33. The van der Waals surface area contributed by atoms with Crippen molar-refractivity contribution < 1.29 is 9.21 Å². The van der Waals surface area contributed by atoms with Crippen LogP contribution in [0.4, 0.5) is 5.69 Å². The number of anilines is 1. The normalized spacial score (nSPS) is 16.3. The van der Waals surface area contributed by atoms with Gasteiger partial charge in [-0.2, -0.15) is 0 Å². The number of amides is 1. The first-order chi connectivity index (χ1) is 12.1. The van der Waals surface area contributed by atoms with E-state index < -0.39 is 0 Å². The lowest BCUT2D eigenvalue weighted by molar-refractivity contribution is -0.116. The van der Waals surface area contributed by atoms with E-state index in [1.807, 2.05) is 32.0 Å². The molecule has 0 radical (unpaired) electrons. The number of halogens is 1. The van der Waals surface area contributed by atoms with E-state index >= 15 is 0 Å². The minimum atomic E-state index is 0. The van der Waals surface area contributed by atoms with Gasteiger partial charge in [0.25, 0.3) is 0 Å². The largest absolute Gasteiger partial charge is 0.444 e. The number of guanidine groups is 1. The van der Waals surface area contributed by atoms with Crippen LogP contribution in [0.25, 0.3) is 0 Å². The van der Waals surface area contributed by atoms with E-state index in [2.05, 4.69) is 32.0 Å². The van der Waals surface area contributed by atoms with Crippen LogP contribution in [0.2, 0.25) is 0 Å². The van der Waals surface area contributed by atoms with Crippen molar-refractivity contribution in [2.75, 3.05) is 18.9 Å². The lowest BCUT2D eigenvalue weighted by Crippen LogP contribution is -2.40. The topological polar surface area (TPSA) is 91.6 Å². The van der Waals surface area contributed by atoms with Gasteiger partial charge < -0.3 is 20.4 Å². The van der Waals surface area contributed by atoms with Gasteiger partial charge in [0.1, 0.15) is 5.76 Å². The van der Waals surface area contributed by atoms with Crippen molar-refractivity contribution in [1.82, 2.24) is 15.6 Å². The molecule has 1 aliphatic heterocycles. The van der Waals surface area contributed by atoms with Crippen LogP contribution in [0, 0.1) is 13.8 Å². The molecule has 26 heavy (non-hydrogen) atoms. The minimum Gasteiger partial charge on any atom is -0.444 e. The van der Waals surface area contributed by atoms with Crippen molar-refractivity contribution in [3.63, 3.8) is 0 Å². The van der Waals surface area contributed by atoms with Crippen molar-refractivity contribution in [3.05, 3.63) is 47.2 Å². The lowest BCUT2D eigenvalue weighted by atomic mass is 9.90. The number of carbonyl (C=O) groups excluding carboxylic acids is 1. The molecule has 1 unspecified atom stereocenters. The summed E-state index contributed by atoms with van der Waals surface area (Å²) >= 11 is 0. The molecule has 1 amide bonds. The number of aliphatic imine (C=N–C) groups is 1. The third kappa shape index (κ3) is 4.75. The van der Waals surface area contributed by atoms with Gasteiger partial charge in [-0.15, -0.1) is 24.0 Å². The Balaban J connectivity index is 0.00000243. The Hall–Kier alpha value is -2.10. The molecule has 1 aliphatic rings. The first-order valence-electron chi connectivity index (χ1n) is 8.33. The van der Waals surface area contributed by atoms with Crippen molar-refractivity contribution in [2.45, 2.75) is 32.7 Å². The maximum absolute atomic E-state index is 11.9. The number of hydrogen-bond donors (Lipinski definition) is 3. The first-order valence-corrected chi connectivity index (χ1v) is 8.33. The Morgan fingerprint density at radius 1 is 1.35 bits per heavy atom. The average Bonchev–Trinajstić information content (AvgIpc) is 2.92. The summed E-state index contributed by atoms with van der Waals surface area (Å²) in [4.78, 5) is 20.4. The number of hydrogen-bond acceptors (Lipinski definition) is 4. The zero-order valence-electron chi connectivity index (χ0n) is 15.1. The SMILES string of the molecule is CN=C(NCc1nc(C)c(C)o1)NCC1CC(=O)Nc2ccccc21.I. The van der Waals surface area contributed by atoms with E-state index in [1.54, 1.807) is 7.05 Å². The van der Waals surface area contributed by atoms with Gasteiger partial charge >= 0.3 is 0 Å². The molecule has 7 nitrogen and oxygen atoms in total. The molecule has 2 aromatic rings. The monoisotopic (exact) mass is 469 g/mol. The quantitative estimate of drug-likeness (QED) is 0.364. The Kier molecular flexibility index (Phi) is 7.01. The van der Waals surface area contributed by atoms with E-state index in [0.717, 1.165) is 22.7 Å². The van der Waals surface area contributed by atoms with Crippen LogP contribution in [-0.4, -0.2) is 30.4 Å². The zero-order chi connectivity index (χ0) is 17.8. The van der Waals surface area contributed by atoms with Crippen LogP contribution in [-0.2, 0) is 11.3 Å². The summed E-state index contributed by atoms with van der Waals surface area (Å²) in [6.45, 7) is 4.88. The fourth-order valence-electron chi connectivity index (χ4n) is 2.90. The molecule has 0 saturated heterocycles. The summed E-state index contributed by atoms with van der Waals surface area (Å²) in [5, 5.41) is 9.38. The number of aryl methyl sites for hydroxylation is 2. The molecular formula is C18H24IN5O2. The van der Waals surface area contributed by atoms with Gasteiger partial charge in [0.05, 0.1) is 12.2 Å². The molecule has 0 spiro atoms. The van der Waals surface area contributed by atoms with Crippen LogP contribution in [0.15, 0.2) is 33.7 Å². The molecule has 0 aliphatic carbocycles. The van der Waals surface area contributed by atoms with Gasteiger partial charge in [0, 0.05) is 31.6 Å². The molecule has 3 rings (SSSR count). The predicted octanol–water partition coefficient (Wildman–Crippen LogP) is 2.70.